The molecule has 2 unspecified atom stereocenters. The normalized spacial score (nSPS) is 19.1. The Morgan fingerprint density at radius 3 is 1.72 bits per heavy atom. The average molecular weight is 575 g/mol. The molecule has 43 heavy (non-hydrogen) atoms. The van der Waals surface area contributed by atoms with Crippen molar-refractivity contribution in [3.8, 4) is 0 Å². The molecule has 0 aliphatic carbocycles. The molecule has 0 bridgehead atoms. The lowest BCUT2D eigenvalue weighted by molar-refractivity contribution is 0.0553. The van der Waals surface area contributed by atoms with Crippen LogP contribution < -0.4 is 5.73 Å². The number of benzene rings is 4. The van der Waals surface area contributed by atoms with Crippen molar-refractivity contribution in [1.82, 2.24) is 9.80 Å². The molecule has 0 radical (unpaired) electrons. The van der Waals surface area contributed by atoms with Gasteiger partial charge < -0.3 is 15.2 Å². The second-order valence-corrected chi connectivity index (χ2v) is 11.1. The Hall–Kier alpha value is -4.32. The summed E-state index contributed by atoms with van der Waals surface area (Å²) in [6.07, 6.45) is -0.151. The van der Waals surface area contributed by atoms with Gasteiger partial charge in [-0.3, -0.25) is 14.6 Å². The van der Waals surface area contributed by atoms with Gasteiger partial charge in [-0.1, -0.05) is 84.9 Å². The highest BCUT2D eigenvalue weighted by atomic mass is 16.5. The number of nitrogens with zero attached hydrogens (tertiary/aromatic N) is 3. The van der Waals surface area contributed by atoms with Crippen LogP contribution in [-0.4, -0.2) is 56.1 Å². The molecule has 220 valence electrons. The molecule has 1 amide bonds. The number of carbonyl (C=O) groups is 1. The van der Waals surface area contributed by atoms with Gasteiger partial charge in [-0.25, -0.2) is 4.85 Å². The van der Waals surface area contributed by atoms with Crippen LogP contribution in [0.25, 0.3) is 4.85 Å². The predicted molar refractivity (Wildman–Crippen MR) is 169 cm³/mol. The SMILES string of the molecule is CN1CCOC(c2ccccc2)c2ccc(C(N)=O)cc2C1.[C-]#[N+]c1ccc2c(c1)CN(C)CCOC2c1ccccc1. The maximum atomic E-state index is 11.5. The van der Waals surface area contributed by atoms with Crippen LogP contribution in [0.2, 0.25) is 0 Å². The van der Waals surface area contributed by atoms with Crippen LogP contribution in [0.4, 0.5) is 5.69 Å². The van der Waals surface area contributed by atoms with Gasteiger partial charge in [0.05, 0.1) is 19.8 Å². The Balaban J connectivity index is 0.000000171. The third-order valence-electron chi connectivity index (χ3n) is 7.85. The van der Waals surface area contributed by atoms with E-state index in [0.29, 0.717) is 24.5 Å². The highest BCUT2D eigenvalue weighted by Crippen LogP contribution is 2.33. The fraction of sp³-hybridized carbons (Fsp3) is 0.278. The quantitative estimate of drug-likeness (QED) is 0.298. The zero-order chi connectivity index (χ0) is 30.2. The van der Waals surface area contributed by atoms with Gasteiger partial charge in [-0.2, -0.15) is 0 Å². The summed E-state index contributed by atoms with van der Waals surface area (Å²) in [5, 5.41) is 0. The van der Waals surface area contributed by atoms with Crippen molar-refractivity contribution in [2.45, 2.75) is 25.3 Å². The summed E-state index contributed by atoms with van der Waals surface area (Å²) in [7, 11) is 4.13. The van der Waals surface area contributed by atoms with Gasteiger partial charge in [0.1, 0.15) is 12.2 Å². The highest BCUT2D eigenvalue weighted by Gasteiger charge is 2.23. The molecule has 0 aromatic heterocycles. The maximum Gasteiger partial charge on any atom is 0.248 e. The summed E-state index contributed by atoms with van der Waals surface area (Å²) in [4.78, 5) is 19.4. The smallest absolute Gasteiger partial charge is 0.248 e. The molecule has 2 atom stereocenters. The Bertz CT molecular complexity index is 1570. The number of fused-ring (bicyclic) bond motifs is 2. The predicted octanol–water partition coefficient (Wildman–Crippen LogP) is 6.13. The van der Waals surface area contributed by atoms with Crippen LogP contribution in [0.3, 0.4) is 0 Å². The van der Waals surface area contributed by atoms with E-state index in [4.69, 9.17) is 21.8 Å². The van der Waals surface area contributed by atoms with Gasteiger partial charge in [0.25, 0.3) is 0 Å². The Labute approximate surface area is 254 Å². The summed E-state index contributed by atoms with van der Waals surface area (Å²) in [6, 6.07) is 32.0. The number of primary amides is 1. The van der Waals surface area contributed by atoms with Gasteiger partial charge in [-0.05, 0) is 59.6 Å². The second-order valence-electron chi connectivity index (χ2n) is 11.1. The van der Waals surface area contributed by atoms with E-state index in [-0.39, 0.29) is 12.2 Å². The van der Waals surface area contributed by atoms with Gasteiger partial charge in [0.15, 0.2) is 5.69 Å². The lowest BCUT2D eigenvalue weighted by Gasteiger charge is -2.28. The Morgan fingerprint density at radius 1 is 0.744 bits per heavy atom. The van der Waals surface area contributed by atoms with E-state index in [9.17, 15) is 4.79 Å². The van der Waals surface area contributed by atoms with Crippen molar-refractivity contribution in [1.29, 1.82) is 0 Å². The minimum atomic E-state index is -0.398. The lowest BCUT2D eigenvalue weighted by atomic mass is 9.94. The first-order valence-corrected chi connectivity index (χ1v) is 14.6. The first-order valence-electron chi connectivity index (χ1n) is 14.6. The minimum absolute atomic E-state index is 0.0466. The first kappa shape index (κ1) is 30.1. The Morgan fingerprint density at radius 2 is 1.23 bits per heavy atom. The van der Waals surface area contributed by atoms with Crippen LogP contribution in [-0.2, 0) is 22.6 Å². The molecule has 4 aromatic carbocycles. The molecule has 4 aromatic rings. The van der Waals surface area contributed by atoms with Gasteiger partial charge in [-0.15, -0.1) is 0 Å². The van der Waals surface area contributed by atoms with Crippen molar-refractivity contribution >= 4 is 11.6 Å². The molecule has 0 saturated heterocycles. The second kappa shape index (κ2) is 14.2. The monoisotopic (exact) mass is 574 g/mol. The van der Waals surface area contributed by atoms with Crippen molar-refractivity contribution in [2.24, 2.45) is 5.73 Å². The minimum Gasteiger partial charge on any atom is -0.367 e. The van der Waals surface area contributed by atoms with Crippen molar-refractivity contribution in [2.75, 3.05) is 40.4 Å². The number of carbonyl (C=O) groups excluding carboxylic acids is 1. The average Bonchev–Trinajstić information content (AvgIpc) is 3.01. The molecule has 7 nitrogen and oxygen atoms in total. The molecule has 2 heterocycles. The number of rotatable bonds is 3. The molecular formula is C36H38N4O3. The van der Waals surface area contributed by atoms with Crippen LogP contribution in [0, 0.1) is 6.57 Å². The molecule has 2 N–H and O–H groups in total. The van der Waals surface area contributed by atoms with Gasteiger partial charge in [0, 0.05) is 31.7 Å². The van der Waals surface area contributed by atoms with Crippen LogP contribution in [0.1, 0.15) is 55.9 Å². The molecule has 7 heteroatoms. The zero-order valence-corrected chi connectivity index (χ0v) is 24.8. The topological polar surface area (TPSA) is 72.4 Å². The van der Waals surface area contributed by atoms with Crippen LogP contribution in [0.15, 0.2) is 97.1 Å². The first-order chi connectivity index (χ1) is 20.9. The number of nitrogens with two attached hydrogens (primary N) is 1. The fourth-order valence-electron chi connectivity index (χ4n) is 5.59. The van der Waals surface area contributed by atoms with Crippen molar-refractivity contribution in [3.63, 3.8) is 0 Å². The number of hydrogen-bond donors (Lipinski definition) is 1. The molecule has 2 aliphatic heterocycles. The highest BCUT2D eigenvalue weighted by molar-refractivity contribution is 5.93. The van der Waals surface area contributed by atoms with Gasteiger partial charge in [0.2, 0.25) is 5.91 Å². The van der Waals surface area contributed by atoms with E-state index >= 15 is 0 Å². The van der Waals surface area contributed by atoms with E-state index in [2.05, 4.69) is 46.0 Å². The molecule has 0 saturated carbocycles. The largest absolute Gasteiger partial charge is 0.367 e. The molecule has 0 spiro atoms. The number of hydrogen-bond acceptors (Lipinski definition) is 5. The molecule has 6 rings (SSSR count). The number of amides is 1. The zero-order valence-electron chi connectivity index (χ0n) is 24.8. The van der Waals surface area contributed by atoms with Crippen molar-refractivity contribution < 1.29 is 14.3 Å². The standard InChI is InChI=1S/C18H20N2O2.C18H18N2O/c1-20-9-10-22-17(13-5-3-2-4-6-13)16-8-7-14(18(19)21)11-15(16)12-20;1-19-16-8-9-17-15(12-16)13-20(2)10-11-21-18(17)14-6-4-3-5-7-14/h2-8,11,17H,9-10,12H2,1H3,(H2,19,21);3-9,12,18H,10-11,13H2,2H3. The summed E-state index contributed by atoms with van der Waals surface area (Å²) in [5.74, 6) is -0.398. The summed E-state index contributed by atoms with van der Waals surface area (Å²) in [6.45, 7) is 12.0. The van der Waals surface area contributed by atoms with Crippen LogP contribution in [0.5, 0.6) is 0 Å². The van der Waals surface area contributed by atoms with Crippen LogP contribution >= 0.6 is 0 Å². The third-order valence-corrected chi connectivity index (χ3v) is 7.85. The van der Waals surface area contributed by atoms with Crippen molar-refractivity contribution in [3.05, 3.63) is 147 Å². The van der Waals surface area contributed by atoms with E-state index in [1.165, 1.54) is 16.7 Å². The lowest BCUT2D eigenvalue weighted by Crippen LogP contribution is -2.28. The number of ether oxygens (including phenoxy) is 2. The molecular weight excluding hydrogens is 536 g/mol. The molecule has 0 fully saturated rings. The third kappa shape index (κ3) is 7.56. The number of likely N-dealkylation sites (N-methyl/N-ethyl adjacent to an activating group) is 2. The summed E-state index contributed by atoms with van der Waals surface area (Å²) >= 11 is 0. The maximum absolute atomic E-state index is 11.5. The fourth-order valence-corrected chi connectivity index (χ4v) is 5.59. The summed E-state index contributed by atoms with van der Waals surface area (Å²) < 4.78 is 12.2. The van der Waals surface area contributed by atoms with E-state index in [1.807, 2.05) is 73.8 Å². The summed E-state index contributed by atoms with van der Waals surface area (Å²) in [5.41, 5.74) is 13.5. The molecule has 2 aliphatic rings. The van der Waals surface area contributed by atoms with E-state index in [0.717, 1.165) is 42.9 Å². The van der Waals surface area contributed by atoms with E-state index in [1.54, 1.807) is 6.07 Å². The van der Waals surface area contributed by atoms with E-state index < -0.39 is 5.91 Å². The Kier molecular flexibility index (Phi) is 9.98. The van der Waals surface area contributed by atoms with Gasteiger partial charge >= 0.3 is 0 Å².